The fourth-order valence-corrected chi connectivity index (χ4v) is 1.45. The molecule has 0 fully saturated rings. The van der Waals surface area contributed by atoms with Crippen LogP contribution in [0.2, 0.25) is 0 Å². The molecule has 0 spiro atoms. The van der Waals surface area contributed by atoms with Crippen LogP contribution in [0.3, 0.4) is 0 Å². The summed E-state index contributed by atoms with van der Waals surface area (Å²) in [5, 5.41) is 11.8. The first-order chi connectivity index (χ1) is 9.19. The number of aromatic hydroxyl groups is 1. The topological polar surface area (TPSA) is 84.9 Å². The lowest BCUT2D eigenvalue weighted by molar-refractivity contribution is 0.0635. The van der Waals surface area contributed by atoms with Gasteiger partial charge in [-0.3, -0.25) is 10.1 Å². The van der Waals surface area contributed by atoms with Gasteiger partial charge in [-0.15, -0.1) is 0 Å². The number of benzene rings is 1. The molecule has 1 aromatic rings. The Kier molecular flexibility index (Phi) is 4.54. The predicted octanol–water partition coefficient (Wildman–Crippen LogP) is 2.70. The van der Waals surface area contributed by atoms with E-state index >= 15 is 0 Å². The molecule has 0 atom stereocenters. The molecule has 0 heterocycles. The second-order valence-corrected chi connectivity index (χ2v) is 4.95. The van der Waals surface area contributed by atoms with Gasteiger partial charge in [0.25, 0.3) is 0 Å². The minimum Gasteiger partial charge on any atom is -0.503 e. The number of nitrogens with one attached hydrogen (secondary N) is 1. The normalized spacial score (nSPS) is 10.8. The summed E-state index contributed by atoms with van der Waals surface area (Å²) < 4.78 is 23.4. The summed E-state index contributed by atoms with van der Waals surface area (Å²) in [6, 6.07) is 1.09. The molecule has 2 N–H and O–H groups in total. The second kappa shape index (κ2) is 5.77. The Morgan fingerprint density at radius 1 is 1.45 bits per heavy atom. The molecule has 0 aliphatic heterocycles. The van der Waals surface area contributed by atoms with Gasteiger partial charge in [-0.1, -0.05) is 0 Å². The summed E-state index contributed by atoms with van der Waals surface area (Å²) in [6.07, 6.45) is -0.532. The molecule has 0 radical (unpaired) electrons. The van der Waals surface area contributed by atoms with Crippen molar-refractivity contribution in [1.29, 1.82) is 0 Å². The van der Waals surface area contributed by atoms with Crippen LogP contribution in [0.15, 0.2) is 6.07 Å². The highest BCUT2D eigenvalue weighted by Gasteiger charge is 2.22. The minimum atomic E-state index is -1.14. The first-order valence-corrected chi connectivity index (χ1v) is 5.74. The van der Waals surface area contributed by atoms with Crippen LogP contribution >= 0.6 is 0 Å². The van der Waals surface area contributed by atoms with E-state index < -0.39 is 29.0 Å². The third-order valence-corrected chi connectivity index (χ3v) is 2.19. The summed E-state index contributed by atoms with van der Waals surface area (Å²) in [6.45, 7) is 4.95. The van der Waals surface area contributed by atoms with Gasteiger partial charge in [0.05, 0.1) is 18.4 Å². The highest BCUT2D eigenvalue weighted by Crippen LogP contribution is 2.36. The van der Waals surface area contributed by atoms with Gasteiger partial charge in [-0.25, -0.2) is 4.79 Å². The lowest BCUT2D eigenvalue weighted by Gasteiger charge is -2.20. The number of phenols is 1. The van der Waals surface area contributed by atoms with Crippen molar-refractivity contribution in [3.8, 4) is 11.5 Å². The van der Waals surface area contributed by atoms with Gasteiger partial charge >= 0.3 is 6.09 Å². The van der Waals surface area contributed by atoms with Gasteiger partial charge in [0.15, 0.2) is 17.8 Å². The van der Waals surface area contributed by atoms with Crippen molar-refractivity contribution >= 4 is 18.1 Å². The van der Waals surface area contributed by atoms with Gasteiger partial charge in [0, 0.05) is 0 Å². The molecule has 0 unspecified atom stereocenters. The van der Waals surface area contributed by atoms with Crippen molar-refractivity contribution in [2.45, 2.75) is 26.4 Å². The molecule has 6 nitrogen and oxygen atoms in total. The minimum absolute atomic E-state index is 0.145. The molecule has 1 aromatic carbocycles. The summed E-state index contributed by atoms with van der Waals surface area (Å²) in [5.74, 6) is -2.37. The maximum atomic E-state index is 13.8. The van der Waals surface area contributed by atoms with Crippen LogP contribution in [0.25, 0.3) is 0 Å². The number of halogens is 1. The highest BCUT2D eigenvalue weighted by atomic mass is 19.1. The largest absolute Gasteiger partial charge is 0.503 e. The summed E-state index contributed by atoms with van der Waals surface area (Å²) in [4.78, 5) is 22.4. The Hall–Kier alpha value is -2.31. The average Bonchev–Trinajstić information content (AvgIpc) is 2.32. The van der Waals surface area contributed by atoms with Crippen LogP contribution in [0.5, 0.6) is 11.5 Å². The van der Waals surface area contributed by atoms with E-state index in [0.29, 0.717) is 6.29 Å². The summed E-state index contributed by atoms with van der Waals surface area (Å²) >= 11 is 0. The number of phenolic OH excluding ortho intramolecular Hbond substituents is 1. The third-order valence-electron chi connectivity index (χ3n) is 2.19. The molecule has 1 amide bonds. The number of amides is 1. The highest BCUT2D eigenvalue weighted by molar-refractivity contribution is 5.91. The van der Waals surface area contributed by atoms with Crippen molar-refractivity contribution in [3.63, 3.8) is 0 Å². The van der Waals surface area contributed by atoms with Crippen molar-refractivity contribution in [1.82, 2.24) is 0 Å². The van der Waals surface area contributed by atoms with Crippen LogP contribution < -0.4 is 10.1 Å². The Balaban J connectivity index is 3.11. The van der Waals surface area contributed by atoms with Gasteiger partial charge in [-0.2, -0.15) is 4.39 Å². The number of methoxy groups -OCH3 is 1. The lowest BCUT2D eigenvalue weighted by Crippen LogP contribution is -2.27. The number of rotatable bonds is 3. The van der Waals surface area contributed by atoms with E-state index in [-0.39, 0.29) is 11.3 Å². The zero-order valence-corrected chi connectivity index (χ0v) is 11.6. The fourth-order valence-electron chi connectivity index (χ4n) is 1.45. The van der Waals surface area contributed by atoms with Crippen molar-refractivity contribution < 1.29 is 28.6 Å². The Labute approximate surface area is 115 Å². The molecule has 110 valence electrons. The molecule has 0 aliphatic rings. The first kappa shape index (κ1) is 15.7. The van der Waals surface area contributed by atoms with E-state index in [2.05, 4.69) is 10.1 Å². The smallest absolute Gasteiger partial charge is 0.412 e. The molecule has 0 aliphatic carbocycles. The zero-order chi connectivity index (χ0) is 15.5. The number of carbonyl (C=O) groups excluding carboxylic acids is 2. The number of hydrogen-bond acceptors (Lipinski definition) is 5. The summed E-state index contributed by atoms with van der Waals surface area (Å²) in [5.41, 5.74) is -1.17. The number of aldehydes is 1. The van der Waals surface area contributed by atoms with Crippen LogP contribution in [0.4, 0.5) is 14.9 Å². The van der Waals surface area contributed by atoms with E-state index in [4.69, 9.17) is 4.74 Å². The average molecular weight is 285 g/mol. The van der Waals surface area contributed by atoms with Crippen LogP contribution in [-0.2, 0) is 4.74 Å². The van der Waals surface area contributed by atoms with Crippen molar-refractivity contribution in [2.24, 2.45) is 0 Å². The van der Waals surface area contributed by atoms with Gasteiger partial charge in [-0.05, 0) is 26.8 Å². The molecule has 1 rings (SSSR count). The monoisotopic (exact) mass is 285 g/mol. The van der Waals surface area contributed by atoms with Crippen molar-refractivity contribution in [3.05, 3.63) is 17.4 Å². The van der Waals surface area contributed by atoms with Crippen LogP contribution in [-0.4, -0.2) is 30.2 Å². The Morgan fingerprint density at radius 2 is 2.05 bits per heavy atom. The number of ether oxygens (including phenoxy) is 2. The number of carbonyl (C=O) groups is 2. The maximum Gasteiger partial charge on any atom is 0.412 e. The molecule has 7 heteroatoms. The number of anilines is 1. The van der Waals surface area contributed by atoms with E-state index in [0.717, 1.165) is 13.2 Å². The summed E-state index contributed by atoms with van der Waals surface area (Å²) in [7, 11) is 1.16. The SMILES string of the molecule is COc1c(C=O)cc(NC(=O)OC(C)(C)C)c(O)c1F. The Morgan fingerprint density at radius 3 is 2.50 bits per heavy atom. The molecule has 0 bridgehead atoms. The zero-order valence-electron chi connectivity index (χ0n) is 11.6. The quantitative estimate of drug-likeness (QED) is 0.659. The van der Waals surface area contributed by atoms with Gasteiger partial charge < -0.3 is 14.6 Å². The van der Waals surface area contributed by atoms with E-state index in [1.54, 1.807) is 20.8 Å². The van der Waals surface area contributed by atoms with E-state index in [1.165, 1.54) is 0 Å². The lowest BCUT2D eigenvalue weighted by atomic mass is 10.1. The fraction of sp³-hybridized carbons (Fsp3) is 0.385. The molecule has 0 saturated heterocycles. The Bertz CT molecular complexity index is 537. The maximum absolute atomic E-state index is 13.8. The van der Waals surface area contributed by atoms with Crippen LogP contribution in [0.1, 0.15) is 31.1 Å². The van der Waals surface area contributed by atoms with Gasteiger partial charge in [0.1, 0.15) is 5.60 Å². The predicted molar refractivity (Wildman–Crippen MR) is 69.9 cm³/mol. The standard InChI is InChI=1S/C13H16FNO5/c1-13(2,3)20-12(18)15-8-5-7(6-16)11(19-4)9(14)10(8)17/h5-6,17H,1-4H3,(H,15,18). The molecular formula is C13H16FNO5. The first-order valence-electron chi connectivity index (χ1n) is 5.74. The van der Waals surface area contributed by atoms with Crippen molar-refractivity contribution in [2.75, 3.05) is 12.4 Å². The molecule has 0 saturated carbocycles. The molecule has 0 aromatic heterocycles. The van der Waals surface area contributed by atoms with E-state index in [9.17, 15) is 19.1 Å². The van der Waals surface area contributed by atoms with Gasteiger partial charge in [0.2, 0.25) is 5.82 Å². The second-order valence-electron chi connectivity index (χ2n) is 4.95. The van der Waals surface area contributed by atoms with Crippen LogP contribution in [0, 0.1) is 5.82 Å². The number of hydrogen-bond donors (Lipinski definition) is 2. The molecular weight excluding hydrogens is 269 g/mol. The van der Waals surface area contributed by atoms with E-state index in [1.807, 2.05) is 0 Å². The molecule has 20 heavy (non-hydrogen) atoms. The third kappa shape index (κ3) is 3.59.